The quantitative estimate of drug-likeness (QED) is 0.0425. The number of aliphatic hydroxyl groups excluding tert-OH is 3. The Kier molecular flexibility index (Phi) is 23.2. The van der Waals surface area contributed by atoms with Crippen LogP contribution in [0, 0.1) is 0 Å². The van der Waals surface area contributed by atoms with Crippen molar-refractivity contribution >= 4 is 16.4 Å². The molecule has 1 aliphatic heterocycles. The number of allylic oxidation sites excluding steroid dienone is 2. The van der Waals surface area contributed by atoms with Crippen molar-refractivity contribution < 1.29 is 56.2 Å². The van der Waals surface area contributed by atoms with Crippen LogP contribution in [0.4, 0.5) is 0 Å². The molecule has 0 spiro atoms. The monoisotopic (exact) mass is 654 g/mol. The predicted octanol–water partition coefficient (Wildman–Crippen LogP) is 4.40. The minimum Gasteiger partial charge on any atom is -0.458 e. The zero-order valence-electron chi connectivity index (χ0n) is 26.7. The number of rotatable bonds is 27. The predicted molar refractivity (Wildman–Crippen MR) is 165 cm³/mol. The number of carbonyl (C=O) groups excluding carboxylic acids is 1. The van der Waals surface area contributed by atoms with Crippen LogP contribution < -0.4 is 0 Å². The largest absolute Gasteiger partial charge is 0.458 e. The van der Waals surface area contributed by atoms with Crippen LogP contribution in [-0.4, -0.2) is 97.5 Å². The summed E-state index contributed by atoms with van der Waals surface area (Å²) in [6.07, 6.45) is 15.1. The van der Waals surface area contributed by atoms with E-state index in [9.17, 15) is 28.5 Å². The molecule has 0 aromatic heterocycles. The molecule has 1 heterocycles. The minimum absolute atomic E-state index is 0.0206. The van der Waals surface area contributed by atoms with Gasteiger partial charge in [0, 0.05) is 13.5 Å². The van der Waals surface area contributed by atoms with Gasteiger partial charge in [-0.1, -0.05) is 89.7 Å². The number of aliphatic hydroxyl groups is 3. The van der Waals surface area contributed by atoms with Gasteiger partial charge in [-0.15, -0.1) is 0 Å². The first-order chi connectivity index (χ1) is 21.1. The van der Waals surface area contributed by atoms with Crippen LogP contribution in [0.3, 0.4) is 0 Å². The number of hydrogen-bond donors (Lipinski definition) is 4. The first-order valence-corrected chi connectivity index (χ1v) is 17.7. The lowest BCUT2D eigenvalue weighted by Gasteiger charge is -2.41. The van der Waals surface area contributed by atoms with E-state index in [4.69, 9.17) is 23.5 Å². The van der Waals surface area contributed by atoms with Gasteiger partial charge in [0.1, 0.15) is 30.5 Å². The summed E-state index contributed by atoms with van der Waals surface area (Å²) < 4.78 is 57.2. The molecule has 260 valence electrons. The molecular formula is C31H58O12S. The summed E-state index contributed by atoms with van der Waals surface area (Å²) >= 11 is 0. The van der Waals surface area contributed by atoms with E-state index in [2.05, 4.69) is 23.3 Å². The first kappa shape index (κ1) is 40.9. The maximum absolute atomic E-state index is 11.5. The summed E-state index contributed by atoms with van der Waals surface area (Å²) in [5, 5.41) is 29.9. The van der Waals surface area contributed by atoms with Crippen molar-refractivity contribution in [3.05, 3.63) is 12.2 Å². The maximum Gasteiger partial charge on any atom is 0.397 e. The van der Waals surface area contributed by atoms with Crippen LogP contribution in [0.2, 0.25) is 0 Å². The molecule has 0 aromatic carbocycles. The Bertz CT molecular complexity index is 853. The lowest BCUT2D eigenvalue weighted by atomic mass is 9.99. The van der Waals surface area contributed by atoms with Crippen LogP contribution in [0.25, 0.3) is 0 Å². The topological polar surface area (TPSA) is 178 Å². The Balaban J connectivity index is 2.17. The van der Waals surface area contributed by atoms with Crippen LogP contribution in [0.1, 0.15) is 117 Å². The van der Waals surface area contributed by atoms with E-state index >= 15 is 0 Å². The number of esters is 1. The van der Waals surface area contributed by atoms with Gasteiger partial charge in [-0.2, -0.15) is 8.42 Å². The normalized spacial score (nSPS) is 23.3. The Morgan fingerprint density at radius 1 is 0.841 bits per heavy atom. The SMILES string of the molecule is CCCCCCCC/C=C\CCCCCCCCCCOCC(COC1OC(CO)C(O)C(OS(=O)(=O)O)C1O)OC(C)=O. The van der Waals surface area contributed by atoms with E-state index in [1.807, 2.05) is 0 Å². The standard InChI is InChI=1S/C31H58O12S/c1-3-4-5-6-7-8-9-10-11-12-13-14-15-16-17-18-19-20-21-39-23-26(41-25(2)33)24-40-31-29(35)30(43-44(36,37)38)28(34)27(22-32)42-31/h10-11,26-32,34-35H,3-9,12-24H2,1-2H3,(H,36,37,38)/b11-10-. The molecule has 6 atom stereocenters. The molecular weight excluding hydrogens is 596 g/mol. The van der Waals surface area contributed by atoms with Crippen molar-refractivity contribution in [2.45, 2.75) is 153 Å². The van der Waals surface area contributed by atoms with Crippen molar-refractivity contribution in [1.82, 2.24) is 0 Å². The Morgan fingerprint density at radius 3 is 1.91 bits per heavy atom. The van der Waals surface area contributed by atoms with Gasteiger partial charge >= 0.3 is 16.4 Å². The second kappa shape index (κ2) is 25.0. The second-order valence-corrected chi connectivity index (χ2v) is 12.5. The van der Waals surface area contributed by atoms with Crippen LogP contribution in [0.5, 0.6) is 0 Å². The summed E-state index contributed by atoms with van der Waals surface area (Å²) in [7, 11) is -5.03. The molecule has 0 amide bonds. The second-order valence-electron chi connectivity index (χ2n) is 11.5. The summed E-state index contributed by atoms with van der Waals surface area (Å²) in [5.41, 5.74) is 0. The van der Waals surface area contributed by atoms with Gasteiger partial charge in [0.05, 0.1) is 19.8 Å². The van der Waals surface area contributed by atoms with E-state index in [1.54, 1.807) is 0 Å². The highest BCUT2D eigenvalue weighted by molar-refractivity contribution is 7.80. The van der Waals surface area contributed by atoms with E-state index < -0.39 is 59.8 Å². The average Bonchev–Trinajstić information content (AvgIpc) is 2.97. The average molecular weight is 655 g/mol. The van der Waals surface area contributed by atoms with Crippen molar-refractivity contribution in [2.75, 3.05) is 26.4 Å². The highest BCUT2D eigenvalue weighted by Crippen LogP contribution is 2.25. The summed E-state index contributed by atoms with van der Waals surface area (Å²) in [6, 6.07) is 0. The maximum atomic E-state index is 11.5. The summed E-state index contributed by atoms with van der Waals surface area (Å²) in [5.74, 6) is -0.576. The first-order valence-electron chi connectivity index (χ1n) is 16.4. The summed E-state index contributed by atoms with van der Waals surface area (Å²) in [4.78, 5) is 11.5. The van der Waals surface area contributed by atoms with E-state index in [0.29, 0.717) is 6.61 Å². The van der Waals surface area contributed by atoms with Crippen molar-refractivity contribution in [3.8, 4) is 0 Å². The lowest BCUT2D eigenvalue weighted by Crippen LogP contribution is -2.60. The van der Waals surface area contributed by atoms with Gasteiger partial charge in [0.25, 0.3) is 0 Å². The fourth-order valence-corrected chi connectivity index (χ4v) is 5.53. The lowest BCUT2D eigenvalue weighted by molar-refractivity contribution is -0.301. The molecule has 0 bridgehead atoms. The van der Waals surface area contributed by atoms with Crippen LogP contribution in [0.15, 0.2) is 12.2 Å². The number of carbonyl (C=O) groups is 1. The van der Waals surface area contributed by atoms with E-state index in [0.717, 1.165) is 19.3 Å². The molecule has 0 aliphatic carbocycles. The van der Waals surface area contributed by atoms with Crippen molar-refractivity contribution in [3.63, 3.8) is 0 Å². The Hall–Kier alpha value is -1.16. The van der Waals surface area contributed by atoms with Gasteiger partial charge in [-0.05, 0) is 32.1 Å². The minimum atomic E-state index is -5.03. The zero-order valence-corrected chi connectivity index (χ0v) is 27.5. The summed E-state index contributed by atoms with van der Waals surface area (Å²) in [6.45, 7) is 2.93. The third-order valence-electron chi connectivity index (χ3n) is 7.44. The molecule has 0 radical (unpaired) electrons. The molecule has 44 heavy (non-hydrogen) atoms. The van der Waals surface area contributed by atoms with Crippen LogP contribution >= 0.6 is 0 Å². The van der Waals surface area contributed by atoms with Gasteiger partial charge < -0.3 is 34.3 Å². The molecule has 0 aromatic rings. The fourth-order valence-electron chi connectivity index (χ4n) is 5.02. The molecule has 1 rings (SSSR count). The van der Waals surface area contributed by atoms with E-state index in [1.165, 1.54) is 90.4 Å². The van der Waals surface area contributed by atoms with Crippen molar-refractivity contribution in [1.29, 1.82) is 0 Å². The number of unbranched alkanes of at least 4 members (excludes halogenated alkanes) is 14. The van der Waals surface area contributed by atoms with Gasteiger partial charge in [-0.25, -0.2) is 4.18 Å². The molecule has 1 saturated heterocycles. The van der Waals surface area contributed by atoms with Crippen molar-refractivity contribution in [2.24, 2.45) is 0 Å². The molecule has 12 nitrogen and oxygen atoms in total. The number of ether oxygens (including phenoxy) is 4. The van der Waals surface area contributed by atoms with Crippen LogP contribution in [-0.2, 0) is 38.3 Å². The Labute approximate surface area is 264 Å². The molecule has 13 heteroatoms. The van der Waals surface area contributed by atoms with Gasteiger partial charge in [-0.3, -0.25) is 9.35 Å². The Morgan fingerprint density at radius 2 is 1.39 bits per heavy atom. The molecule has 1 fully saturated rings. The van der Waals surface area contributed by atoms with E-state index in [-0.39, 0.29) is 13.2 Å². The smallest absolute Gasteiger partial charge is 0.397 e. The zero-order chi connectivity index (χ0) is 32.6. The highest BCUT2D eigenvalue weighted by Gasteiger charge is 2.48. The fraction of sp³-hybridized carbons (Fsp3) is 0.903. The number of hydrogen-bond acceptors (Lipinski definition) is 11. The molecule has 0 saturated carbocycles. The van der Waals surface area contributed by atoms with Gasteiger partial charge in [0.15, 0.2) is 6.29 Å². The highest BCUT2D eigenvalue weighted by atomic mass is 32.3. The molecule has 4 N–H and O–H groups in total. The molecule has 6 unspecified atom stereocenters. The third kappa shape index (κ3) is 20.1. The van der Waals surface area contributed by atoms with Gasteiger partial charge in [0.2, 0.25) is 0 Å². The molecule has 1 aliphatic rings. The third-order valence-corrected chi connectivity index (χ3v) is 7.90.